The Bertz CT molecular complexity index is 205. The summed E-state index contributed by atoms with van der Waals surface area (Å²) in [6, 6.07) is 0. The van der Waals surface area contributed by atoms with E-state index in [1.807, 2.05) is 0 Å². The van der Waals surface area contributed by atoms with Crippen LogP contribution in [0.3, 0.4) is 0 Å². The van der Waals surface area contributed by atoms with Crippen LogP contribution < -0.4 is 17.0 Å². The van der Waals surface area contributed by atoms with Crippen molar-refractivity contribution < 1.29 is 0 Å². The molecule has 4 rings (SSSR count). The van der Waals surface area contributed by atoms with E-state index in [-0.39, 0.29) is 5.54 Å². The van der Waals surface area contributed by atoms with Crippen molar-refractivity contribution in [2.24, 2.45) is 35.2 Å². The molecule has 0 atom stereocenters. The predicted molar refractivity (Wildman–Crippen MR) is 56.2 cm³/mol. The Morgan fingerprint density at radius 1 is 1.00 bits per heavy atom. The number of nitrogens with one attached hydrogen (secondary N) is 1. The molecule has 0 aromatic heterocycles. The van der Waals surface area contributed by atoms with Crippen LogP contribution in [0.25, 0.3) is 0 Å². The largest absolute Gasteiger partial charge is 0.329 e. The number of nitrogens with two attached hydrogens (primary N) is 2. The number of hydrogen-bond acceptors (Lipinski definition) is 3. The standard InChI is InChI=1S/C11H21N3/c12-6-11(14-13)9-2-7-1-8(4-9)5-10(11)3-7/h7-10,14H,1-6,12-13H2. The van der Waals surface area contributed by atoms with Gasteiger partial charge in [0.05, 0.1) is 0 Å². The molecule has 14 heavy (non-hydrogen) atoms. The van der Waals surface area contributed by atoms with Gasteiger partial charge in [0.2, 0.25) is 0 Å². The number of hydrogen-bond donors (Lipinski definition) is 3. The van der Waals surface area contributed by atoms with Gasteiger partial charge in [-0.25, -0.2) is 0 Å². The van der Waals surface area contributed by atoms with Crippen molar-refractivity contribution >= 4 is 0 Å². The normalized spacial score (nSPS) is 55.3. The maximum atomic E-state index is 5.96. The second-order valence-electron chi connectivity index (χ2n) is 5.69. The summed E-state index contributed by atoms with van der Waals surface area (Å²) in [7, 11) is 0. The van der Waals surface area contributed by atoms with Gasteiger partial charge >= 0.3 is 0 Å². The van der Waals surface area contributed by atoms with Crippen LogP contribution in [0.1, 0.15) is 32.1 Å². The predicted octanol–water partition coefficient (Wildman–Crippen LogP) is 0.603. The summed E-state index contributed by atoms with van der Waals surface area (Å²) in [5.41, 5.74) is 9.13. The highest BCUT2D eigenvalue weighted by atomic mass is 15.3. The van der Waals surface area contributed by atoms with E-state index in [2.05, 4.69) is 5.43 Å². The molecule has 3 heteroatoms. The average Bonchev–Trinajstić information content (AvgIpc) is 2.18. The lowest BCUT2D eigenvalue weighted by molar-refractivity contribution is -0.0692. The van der Waals surface area contributed by atoms with E-state index in [0.29, 0.717) is 0 Å². The maximum absolute atomic E-state index is 5.96. The molecule has 4 aliphatic carbocycles. The highest BCUT2D eigenvalue weighted by Gasteiger charge is 2.56. The molecule has 4 bridgehead atoms. The molecule has 0 spiro atoms. The van der Waals surface area contributed by atoms with Gasteiger partial charge < -0.3 is 5.73 Å². The molecule has 0 unspecified atom stereocenters. The van der Waals surface area contributed by atoms with Crippen molar-refractivity contribution in [2.75, 3.05) is 6.54 Å². The Labute approximate surface area is 85.6 Å². The zero-order valence-corrected chi connectivity index (χ0v) is 8.71. The second kappa shape index (κ2) is 2.94. The van der Waals surface area contributed by atoms with Gasteiger partial charge in [-0.3, -0.25) is 11.3 Å². The third-order valence-corrected chi connectivity index (χ3v) is 5.20. The van der Waals surface area contributed by atoms with Crippen LogP contribution in [-0.4, -0.2) is 12.1 Å². The van der Waals surface area contributed by atoms with E-state index in [4.69, 9.17) is 11.6 Å². The van der Waals surface area contributed by atoms with Crippen molar-refractivity contribution in [3.8, 4) is 0 Å². The highest BCUT2D eigenvalue weighted by Crippen LogP contribution is 2.57. The Morgan fingerprint density at radius 2 is 1.50 bits per heavy atom. The lowest BCUT2D eigenvalue weighted by Gasteiger charge is -2.60. The van der Waals surface area contributed by atoms with Gasteiger partial charge in [-0.05, 0) is 55.8 Å². The van der Waals surface area contributed by atoms with E-state index < -0.39 is 0 Å². The Balaban J connectivity index is 1.93. The molecule has 4 saturated carbocycles. The third-order valence-electron chi connectivity index (χ3n) is 5.20. The fraction of sp³-hybridized carbons (Fsp3) is 1.00. The van der Waals surface area contributed by atoms with Crippen molar-refractivity contribution in [3.63, 3.8) is 0 Å². The van der Waals surface area contributed by atoms with Gasteiger partial charge in [0, 0.05) is 12.1 Å². The van der Waals surface area contributed by atoms with Crippen molar-refractivity contribution in [1.29, 1.82) is 0 Å². The zero-order chi connectivity index (χ0) is 9.76. The first kappa shape index (κ1) is 9.13. The Kier molecular flexibility index (Phi) is 1.92. The summed E-state index contributed by atoms with van der Waals surface area (Å²) in [5.74, 6) is 9.27. The molecule has 4 fully saturated rings. The van der Waals surface area contributed by atoms with Crippen LogP contribution in [0, 0.1) is 23.7 Å². The van der Waals surface area contributed by atoms with Gasteiger partial charge in [0.25, 0.3) is 0 Å². The zero-order valence-electron chi connectivity index (χ0n) is 8.71. The molecular formula is C11H21N3. The first-order chi connectivity index (χ1) is 6.78. The van der Waals surface area contributed by atoms with E-state index in [9.17, 15) is 0 Å². The molecule has 0 aliphatic heterocycles. The van der Waals surface area contributed by atoms with Crippen LogP contribution in [0.2, 0.25) is 0 Å². The summed E-state index contributed by atoms with van der Waals surface area (Å²) >= 11 is 0. The fourth-order valence-corrected chi connectivity index (χ4v) is 4.65. The topological polar surface area (TPSA) is 64.1 Å². The lowest BCUT2D eigenvalue weighted by atomic mass is 9.48. The monoisotopic (exact) mass is 195 g/mol. The molecule has 0 heterocycles. The maximum Gasteiger partial charge on any atom is 0.0499 e. The molecule has 0 aromatic carbocycles. The van der Waals surface area contributed by atoms with Gasteiger partial charge in [-0.2, -0.15) is 0 Å². The molecule has 3 nitrogen and oxygen atoms in total. The molecule has 80 valence electrons. The van der Waals surface area contributed by atoms with E-state index >= 15 is 0 Å². The average molecular weight is 195 g/mol. The van der Waals surface area contributed by atoms with E-state index in [0.717, 1.165) is 30.2 Å². The lowest BCUT2D eigenvalue weighted by Crippen LogP contribution is -2.69. The SMILES string of the molecule is NCC1(NN)C2CC3CC(C2)CC1C3. The van der Waals surface area contributed by atoms with Gasteiger partial charge in [0.15, 0.2) is 0 Å². The van der Waals surface area contributed by atoms with Crippen LogP contribution in [0.15, 0.2) is 0 Å². The molecule has 0 radical (unpaired) electrons. The van der Waals surface area contributed by atoms with Crippen LogP contribution in [0.4, 0.5) is 0 Å². The van der Waals surface area contributed by atoms with Crippen LogP contribution in [-0.2, 0) is 0 Å². The Hall–Kier alpha value is -0.120. The van der Waals surface area contributed by atoms with Crippen molar-refractivity contribution in [1.82, 2.24) is 5.43 Å². The first-order valence-electron chi connectivity index (χ1n) is 5.96. The summed E-state index contributed by atoms with van der Waals surface area (Å²) in [6.07, 6.45) is 6.96. The van der Waals surface area contributed by atoms with Crippen LogP contribution >= 0.6 is 0 Å². The first-order valence-corrected chi connectivity index (χ1v) is 5.96. The van der Waals surface area contributed by atoms with E-state index in [1.54, 1.807) is 0 Å². The minimum Gasteiger partial charge on any atom is -0.329 e. The molecular weight excluding hydrogens is 174 g/mol. The third kappa shape index (κ3) is 0.980. The molecule has 0 aromatic rings. The smallest absolute Gasteiger partial charge is 0.0499 e. The summed E-state index contributed by atoms with van der Waals surface area (Å²) < 4.78 is 0. The molecule has 4 aliphatic rings. The molecule has 0 saturated heterocycles. The molecule has 0 amide bonds. The number of rotatable bonds is 2. The van der Waals surface area contributed by atoms with Crippen LogP contribution in [0.5, 0.6) is 0 Å². The Morgan fingerprint density at radius 3 is 1.86 bits per heavy atom. The highest BCUT2D eigenvalue weighted by molar-refractivity contribution is 5.10. The second-order valence-corrected chi connectivity index (χ2v) is 5.69. The van der Waals surface area contributed by atoms with Gasteiger partial charge in [-0.15, -0.1) is 0 Å². The number of hydrazine groups is 1. The molecule has 5 N–H and O–H groups in total. The quantitative estimate of drug-likeness (QED) is 0.447. The summed E-state index contributed by atoms with van der Waals surface area (Å²) in [4.78, 5) is 0. The van der Waals surface area contributed by atoms with E-state index in [1.165, 1.54) is 32.1 Å². The van der Waals surface area contributed by atoms with Crippen molar-refractivity contribution in [2.45, 2.75) is 37.6 Å². The fourth-order valence-electron chi connectivity index (χ4n) is 4.65. The van der Waals surface area contributed by atoms with Crippen molar-refractivity contribution in [3.05, 3.63) is 0 Å². The van der Waals surface area contributed by atoms with Gasteiger partial charge in [0.1, 0.15) is 0 Å². The minimum absolute atomic E-state index is 0.0907. The summed E-state index contributed by atoms with van der Waals surface area (Å²) in [6.45, 7) is 0.721. The minimum atomic E-state index is 0.0907. The summed E-state index contributed by atoms with van der Waals surface area (Å²) in [5, 5.41) is 0. The van der Waals surface area contributed by atoms with Gasteiger partial charge in [-0.1, -0.05) is 0 Å².